The first kappa shape index (κ1) is 11.1. The number of benzene rings is 1. The molecule has 0 bridgehead atoms. The Morgan fingerprint density at radius 1 is 1.44 bits per heavy atom. The summed E-state index contributed by atoms with van der Waals surface area (Å²) in [5, 5.41) is 0. The normalized spacial score (nSPS) is 16.9. The van der Waals surface area contributed by atoms with E-state index < -0.39 is 0 Å². The van der Waals surface area contributed by atoms with Gasteiger partial charge in [0.05, 0.1) is 12.7 Å². The van der Waals surface area contributed by atoms with Crippen LogP contribution < -0.4 is 5.73 Å². The Balaban J connectivity index is 2.37. The highest BCUT2D eigenvalue weighted by atomic mass is 16.5. The van der Waals surface area contributed by atoms with Crippen molar-refractivity contribution in [2.45, 2.75) is 24.7 Å². The van der Waals surface area contributed by atoms with Crippen LogP contribution in [0.4, 0.5) is 0 Å². The first-order chi connectivity index (χ1) is 7.73. The molecule has 0 radical (unpaired) electrons. The Kier molecular flexibility index (Phi) is 2.97. The molecule has 3 nitrogen and oxygen atoms in total. The fraction of sp³-hybridized carbons (Fsp3) is 0.462. The van der Waals surface area contributed by atoms with Gasteiger partial charge in [-0.05, 0) is 42.9 Å². The first-order valence-electron chi connectivity index (χ1n) is 5.61. The maximum atomic E-state index is 11.7. The molecular weight excluding hydrogens is 202 g/mol. The number of hydrogen-bond donors (Lipinski definition) is 1. The lowest BCUT2D eigenvalue weighted by Gasteiger charge is -2.17. The third-order valence-electron chi connectivity index (χ3n) is 3.38. The summed E-state index contributed by atoms with van der Waals surface area (Å²) < 4.78 is 4.81. The Labute approximate surface area is 95.6 Å². The van der Waals surface area contributed by atoms with Crippen LogP contribution in [0.15, 0.2) is 24.3 Å². The van der Waals surface area contributed by atoms with Crippen molar-refractivity contribution in [1.29, 1.82) is 0 Å². The Hall–Kier alpha value is -1.35. The van der Waals surface area contributed by atoms with Gasteiger partial charge in [0.1, 0.15) is 0 Å². The molecule has 0 spiro atoms. The highest BCUT2D eigenvalue weighted by molar-refractivity contribution is 5.91. The van der Waals surface area contributed by atoms with Crippen molar-refractivity contribution in [2.75, 3.05) is 13.7 Å². The third kappa shape index (κ3) is 1.83. The Bertz CT molecular complexity index is 397. The van der Waals surface area contributed by atoms with Crippen molar-refractivity contribution in [1.82, 2.24) is 0 Å². The molecule has 86 valence electrons. The standard InChI is InChI=1S/C13H17NO2/c1-16-12(15)10-4-2-3-5-11(10)13(6-7-13)8-9-14/h2-5H,6-9,14H2,1H3. The zero-order valence-electron chi connectivity index (χ0n) is 9.53. The van der Waals surface area contributed by atoms with Crippen molar-refractivity contribution in [2.24, 2.45) is 5.73 Å². The molecule has 0 unspecified atom stereocenters. The topological polar surface area (TPSA) is 52.3 Å². The van der Waals surface area contributed by atoms with E-state index >= 15 is 0 Å². The Morgan fingerprint density at radius 2 is 2.12 bits per heavy atom. The molecule has 1 aromatic rings. The number of rotatable bonds is 4. The fourth-order valence-corrected chi connectivity index (χ4v) is 2.31. The van der Waals surface area contributed by atoms with Gasteiger partial charge in [-0.3, -0.25) is 0 Å². The number of ether oxygens (including phenoxy) is 1. The van der Waals surface area contributed by atoms with Crippen LogP contribution in [-0.4, -0.2) is 19.6 Å². The lowest BCUT2D eigenvalue weighted by molar-refractivity contribution is 0.0598. The van der Waals surface area contributed by atoms with Gasteiger partial charge in [0.25, 0.3) is 0 Å². The molecular formula is C13H17NO2. The van der Waals surface area contributed by atoms with Crippen LogP contribution in [0.3, 0.4) is 0 Å². The molecule has 2 N–H and O–H groups in total. The molecule has 0 saturated heterocycles. The highest BCUT2D eigenvalue weighted by Crippen LogP contribution is 2.51. The van der Waals surface area contributed by atoms with Crippen LogP contribution in [0.25, 0.3) is 0 Å². The van der Waals surface area contributed by atoms with Crippen molar-refractivity contribution in [3.05, 3.63) is 35.4 Å². The van der Waals surface area contributed by atoms with E-state index in [0.717, 1.165) is 24.8 Å². The second-order valence-electron chi connectivity index (χ2n) is 4.36. The van der Waals surface area contributed by atoms with E-state index in [1.54, 1.807) is 0 Å². The molecule has 16 heavy (non-hydrogen) atoms. The van der Waals surface area contributed by atoms with Crippen molar-refractivity contribution >= 4 is 5.97 Å². The molecule has 1 aliphatic rings. The summed E-state index contributed by atoms with van der Waals surface area (Å²) in [5.41, 5.74) is 7.57. The van der Waals surface area contributed by atoms with Crippen molar-refractivity contribution < 1.29 is 9.53 Å². The minimum atomic E-state index is -0.251. The monoisotopic (exact) mass is 219 g/mol. The lowest BCUT2D eigenvalue weighted by Crippen LogP contribution is -2.17. The number of hydrogen-bond acceptors (Lipinski definition) is 3. The van der Waals surface area contributed by atoms with Crippen LogP contribution in [0.2, 0.25) is 0 Å². The number of esters is 1. The van der Waals surface area contributed by atoms with Crippen LogP contribution in [0.5, 0.6) is 0 Å². The maximum absolute atomic E-state index is 11.7. The van der Waals surface area contributed by atoms with Crippen LogP contribution in [-0.2, 0) is 10.2 Å². The summed E-state index contributed by atoms with van der Waals surface area (Å²) in [5.74, 6) is -0.251. The Morgan fingerprint density at radius 3 is 2.69 bits per heavy atom. The molecule has 1 saturated carbocycles. The van der Waals surface area contributed by atoms with E-state index in [0.29, 0.717) is 12.1 Å². The molecule has 0 aliphatic heterocycles. The zero-order valence-corrected chi connectivity index (χ0v) is 9.53. The summed E-state index contributed by atoms with van der Waals surface area (Å²) in [6, 6.07) is 7.69. The van der Waals surface area contributed by atoms with E-state index in [1.807, 2.05) is 24.3 Å². The van der Waals surface area contributed by atoms with Crippen LogP contribution in [0, 0.1) is 0 Å². The van der Waals surface area contributed by atoms with Gasteiger partial charge < -0.3 is 10.5 Å². The second-order valence-corrected chi connectivity index (χ2v) is 4.36. The quantitative estimate of drug-likeness (QED) is 0.786. The fourth-order valence-electron chi connectivity index (χ4n) is 2.31. The molecule has 0 aromatic heterocycles. The number of methoxy groups -OCH3 is 1. The summed E-state index contributed by atoms with van der Waals surface area (Å²) in [6.45, 7) is 0.662. The maximum Gasteiger partial charge on any atom is 0.338 e. The zero-order chi connectivity index (χ0) is 11.6. The van der Waals surface area contributed by atoms with Crippen LogP contribution >= 0.6 is 0 Å². The van der Waals surface area contributed by atoms with Gasteiger partial charge in [0.2, 0.25) is 0 Å². The first-order valence-corrected chi connectivity index (χ1v) is 5.61. The largest absolute Gasteiger partial charge is 0.465 e. The number of carbonyl (C=O) groups excluding carboxylic acids is 1. The summed E-state index contributed by atoms with van der Waals surface area (Å²) in [4.78, 5) is 11.7. The van der Waals surface area contributed by atoms with Gasteiger partial charge in [-0.25, -0.2) is 4.79 Å². The van der Waals surface area contributed by atoms with E-state index in [2.05, 4.69) is 0 Å². The molecule has 1 aromatic carbocycles. The van der Waals surface area contributed by atoms with E-state index in [-0.39, 0.29) is 11.4 Å². The lowest BCUT2D eigenvalue weighted by atomic mass is 9.88. The van der Waals surface area contributed by atoms with Gasteiger partial charge in [-0.1, -0.05) is 18.2 Å². The average molecular weight is 219 g/mol. The number of nitrogens with two attached hydrogens (primary N) is 1. The second kappa shape index (κ2) is 4.26. The molecule has 0 heterocycles. The molecule has 1 fully saturated rings. The average Bonchev–Trinajstić information content (AvgIpc) is 3.09. The number of carbonyl (C=O) groups is 1. The summed E-state index contributed by atoms with van der Waals surface area (Å²) in [6.07, 6.45) is 3.19. The summed E-state index contributed by atoms with van der Waals surface area (Å²) >= 11 is 0. The van der Waals surface area contributed by atoms with Gasteiger partial charge in [-0.2, -0.15) is 0 Å². The predicted molar refractivity (Wildman–Crippen MR) is 62.4 cm³/mol. The van der Waals surface area contributed by atoms with Gasteiger partial charge in [0, 0.05) is 0 Å². The van der Waals surface area contributed by atoms with E-state index in [9.17, 15) is 4.79 Å². The molecule has 2 rings (SSSR count). The summed E-state index contributed by atoms with van der Waals surface area (Å²) in [7, 11) is 1.42. The van der Waals surface area contributed by atoms with Gasteiger partial charge >= 0.3 is 5.97 Å². The smallest absolute Gasteiger partial charge is 0.338 e. The molecule has 3 heteroatoms. The van der Waals surface area contributed by atoms with E-state index in [4.69, 9.17) is 10.5 Å². The minimum absolute atomic E-state index is 0.138. The minimum Gasteiger partial charge on any atom is -0.465 e. The predicted octanol–water partition coefficient (Wildman–Crippen LogP) is 1.85. The van der Waals surface area contributed by atoms with Crippen molar-refractivity contribution in [3.63, 3.8) is 0 Å². The van der Waals surface area contributed by atoms with Gasteiger partial charge in [0.15, 0.2) is 0 Å². The van der Waals surface area contributed by atoms with Crippen molar-refractivity contribution in [3.8, 4) is 0 Å². The molecule has 0 amide bonds. The van der Waals surface area contributed by atoms with Crippen LogP contribution in [0.1, 0.15) is 35.2 Å². The molecule has 0 atom stereocenters. The highest BCUT2D eigenvalue weighted by Gasteiger charge is 2.45. The molecule has 1 aliphatic carbocycles. The SMILES string of the molecule is COC(=O)c1ccccc1C1(CCN)CC1. The van der Waals surface area contributed by atoms with Gasteiger partial charge in [-0.15, -0.1) is 0 Å². The third-order valence-corrected chi connectivity index (χ3v) is 3.38. The van der Waals surface area contributed by atoms with E-state index in [1.165, 1.54) is 7.11 Å².